The minimum Gasteiger partial charge on any atom is -0.497 e. The van der Waals surface area contributed by atoms with Gasteiger partial charge in [-0.15, -0.1) is 13.2 Å². The van der Waals surface area contributed by atoms with Crippen molar-refractivity contribution in [2.45, 2.75) is 6.36 Å². The number of nitrogens with zero attached hydrogens (tertiary/aromatic N) is 2. The predicted molar refractivity (Wildman–Crippen MR) is 96.2 cm³/mol. The fourth-order valence-corrected chi connectivity index (χ4v) is 2.68. The van der Waals surface area contributed by atoms with Gasteiger partial charge in [0.2, 0.25) is 0 Å². The van der Waals surface area contributed by atoms with Crippen molar-refractivity contribution >= 4 is 11.6 Å². The van der Waals surface area contributed by atoms with Gasteiger partial charge >= 0.3 is 6.36 Å². The van der Waals surface area contributed by atoms with Crippen LogP contribution in [0.1, 0.15) is 10.5 Å². The van der Waals surface area contributed by atoms with Crippen LogP contribution in [0.2, 0.25) is 0 Å². The Kier molecular flexibility index (Phi) is 5.63. The Morgan fingerprint density at radius 2 is 1.77 bits per heavy atom. The van der Waals surface area contributed by atoms with Crippen LogP contribution in [-0.2, 0) is 7.05 Å². The van der Waals surface area contributed by atoms with Gasteiger partial charge in [-0.05, 0) is 36.4 Å². The third-order valence-electron chi connectivity index (χ3n) is 4.00. The zero-order chi connectivity index (χ0) is 22.1. The highest BCUT2D eigenvalue weighted by atomic mass is 19.4. The molecule has 0 aliphatic heterocycles. The molecule has 0 bridgehead atoms. The Morgan fingerprint density at radius 3 is 2.37 bits per heavy atom. The molecule has 0 aliphatic rings. The number of methoxy groups -OCH3 is 1. The maximum Gasteiger partial charge on any atom is 0.573 e. The topological polar surface area (TPSA) is 65.4 Å². The smallest absolute Gasteiger partial charge is 0.497 e. The van der Waals surface area contributed by atoms with Crippen molar-refractivity contribution in [2.75, 3.05) is 12.4 Å². The van der Waals surface area contributed by atoms with Crippen LogP contribution in [0, 0.1) is 11.6 Å². The molecule has 11 heteroatoms. The largest absolute Gasteiger partial charge is 0.573 e. The van der Waals surface area contributed by atoms with Crippen LogP contribution < -0.4 is 14.8 Å². The molecule has 6 nitrogen and oxygen atoms in total. The highest BCUT2D eigenvalue weighted by molar-refractivity contribution is 6.03. The molecule has 30 heavy (non-hydrogen) atoms. The number of rotatable bonds is 5. The van der Waals surface area contributed by atoms with Crippen LogP contribution in [0.4, 0.5) is 27.6 Å². The summed E-state index contributed by atoms with van der Waals surface area (Å²) in [6.07, 6.45) is -4.95. The number of benzene rings is 2. The number of carbonyl (C=O) groups excluding carboxylic acids is 1. The molecule has 0 spiro atoms. The van der Waals surface area contributed by atoms with Gasteiger partial charge < -0.3 is 14.8 Å². The molecule has 1 aromatic heterocycles. The number of hydrogen-bond acceptors (Lipinski definition) is 4. The van der Waals surface area contributed by atoms with Gasteiger partial charge in [0.1, 0.15) is 28.8 Å². The summed E-state index contributed by atoms with van der Waals surface area (Å²) in [5, 5.41) is 5.98. The SMILES string of the molecule is COc1ccc(OC(F)(F)F)c(-c2cc(C(=O)Nc3c(F)cccc3F)nn2C)c1. The summed E-state index contributed by atoms with van der Waals surface area (Å²) in [5.41, 5.74) is -0.932. The molecule has 1 heterocycles. The second-order valence-corrected chi connectivity index (χ2v) is 6.00. The summed E-state index contributed by atoms with van der Waals surface area (Å²) in [5.74, 6) is -3.25. The molecular weight excluding hydrogens is 413 g/mol. The average molecular weight is 427 g/mol. The molecular formula is C19H14F5N3O3. The standard InChI is InChI=1S/C19H14F5N3O3/c1-27-15(11-8-10(29-2)6-7-16(11)30-19(22,23)24)9-14(26-27)18(28)25-17-12(20)4-3-5-13(17)21/h3-9H,1-2H3,(H,25,28). The highest BCUT2D eigenvalue weighted by Gasteiger charge is 2.33. The average Bonchev–Trinajstić information content (AvgIpc) is 3.05. The molecule has 1 N–H and O–H groups in total. The summed E-state index contributed by atoms with van der Waals surface area (Å²) in [7, 11) is 2.71. The first kappa shape index (κ1) is 21.1. The maximum atomic E-state index is 13.8. The third kappa shape index (κ3) is 4.50. The van der Waals surface area contributed by atoms with E-state index in [0.717, 1.165) is 35.0 Å². The number of amides is 1. The van der Waals surface area contributed by atoms with Gasteiger partial charge in [0.15, 0.2) is 5.69 Å². The fourth-order valence-electron chi connectivity index (χ4n) is 2.68. The lowest BCUT2D eigenvalue weighted by molar-refractivity contribution is -0.274. The summed E-state index contributed by atoms with van der Waals surface area (Å²) < 4.78 is 76.0. The van der Waals surface area contributed by atoms with E-state index < -0.39 is 35.3 Å². The van der Waals surface area contributed by atoms with E-state index in [1.165, 1.54) is 26.3 Å². The molecule has 0 unspecified atom stereocenters. The van der Waals surface area contributed by atoms with Crippen molar-refractivity contribution in [3.63, 3.8) is 0 Å². The quantitative estimate of drug-likeness (QED) is 0.608. The summed E-state index contributed by atoms with van der Waals surface area (Å²) >= 11 is 0. The van der Waals surface area contributed by atoms with Crippen LogP contribution in [0.3, 0.4) is 0 Å². The van der Waals surface area contributed by atoms with Crippen LogP contribution >= 0.6 is 0 Å². The van der Waals surface area contributed by atoms with Gasteiger partial charge in [0.05, 0.1) is 12.8 Å². The molecule has 0 atom stereocenters. The summed E-state index contributed by atoms with van der Waals surface area (Å²) in [6, 6.07) is 7.81. The van der Waals surface area contributed by atoms with Gasteiger partial charge in [0.25, 0.3) is 5.91 Å². The number of alkyl halides is 3. The first-order valence-corrected chi connectivity index (χ1v) is 8.32. The normalized spacial score (nSPS) is 11.3. The number of aromatic nitrogens is 2. The van der Waals surface area contributed by atoms with Crippen molar-refractivity contribution in [1.82, 2.24) is 9.78 Å². The summed E-state index contributed by atoms with van der Waals surface area (Å²) in [4.78, 5) is 12.4. The van der Waals surface area contributed by atoms with E-state index in [9.17, 15) is 26.7 Å². The minimum atomic E-state index is -4.95. The molecule has 0 radical (unpaired) electrons. The van der Waals surface area contributed by atoms with Crippen molar-refractivity contribution < 1.29 is 36.2 Å². The summed E-state index contributed by atoms with van der Waals surface area (Å²) in [6.45, 7) is 0. The Hall–Kier alpha value is -3.63. The highest BCUT2D eigenvalue weighted by Crippen LogP contribution is 2.36. The van der Waals surface area contributed by atoms with Gasteiger partial charge in [-0.2, -0.15) is 5.10 Å². The number of carbonyl (C=O) groups is 1. The van der Waals surface area contributed by atoms with Gasteiger partial charge in [-0.3, -0.25) is 9.48 Å². The van der Waals surface area contributed by atoms with E-state index in [2.05, 4.69) is 15.2 Å². The Bertz CT molecular complexity index is 1080. The number of para-hydroxylation sites is 1. The molecule has 0 aliphatic carbocycles. The van der Waals surface area contributed by atoms with Crippen LogP contribution in [-0.4, -0.2) is 29.2 Å². The van der Waals surface area contributed by atoms with E-state index in [4.69, 9.17) is 4.74 Å². The first-order valence-electron chi connectivity index (χ1n) is 8.32. The number of hydrogen-bond donors (Lipinski definition) is 1. The zero-order valence-electron chi connectivity index (χ0n) is 15.6. The zero-order valence-corrected chi connectivity index (χ0v) is 15.6. The molecule has 3 rings (SSSR count). The van der Waals surface area contributed by atoms with Gasteiger partial charge in [-0.1, -0.05) is 6.07 Å². The molecule has 158 valence electrons. The third-order valence-corrected chi connectivity index (χ3v) is 4.00. The van der Waals surface area contributed by atoms with Crippen molar-refractivity contribution in [3.8, 4) is 22.8 Å². The lowest BCUT2D eigenvalue weighted by atomic mass is 10.1. The van der Waals surface area contributed by atoms with Crippen molar-refractivity contribution in [2.24, 2.45) is 7.05 Å². The second-order valence-electron chi connectivity index (χ2n) is 6.00. The van der Waals surface area contributed by atoms with E-state index in [1.54, 1.807) is 0 Å². The number of aryl methyl sites for hydroxylation is 1. The second kappa shape index (κ2) is 8.01. The van der Waals surface area contributed by atoms with Crippen LogP contribution in [0.15, 0.2) is 42.5 Å². The number of nitrogens with one attached hydrogen (secondary N) is 1. The molecule has 0 saturated heterocycles. The minimum absolute atomic E-state index is 0.0576. The first-order chi connectivity index (χ1) is 14.1. The number of ether oxygens (including phenoxy) is 2. The van der Waals surface area contributed by atoms with Crippen molar-refractivity contribution in [3.05, 3.63) is 59.8 Å². The Labute approximate surface area is 166 Å². The maximum absolute atomic E-state index is 13.8. The van der Waals surface area contributed by atoms with Crippen molar-refractivity contribution in [1.29, 1.82) is 0 Å². The van der Waals surface area contributed by atoms with E-state index in [1.807, 2.05) is 0 Å². The lowest BCUT2D eigenvalue weighted by Gasteiger charge is -2.14. The van der Waals surface area contributed by atoms with Crippen LogP contribution in [0.5, 0.6) is 11.5 Å². The molecule has 3 aromatic rings. The lowest BCUT2D eigenvalue weighted by Crippen LogP contribution is -2.17. The van der Waals surface area contributed by atoms with Gasteiger partial charge in [-0.25, -0.2) is 8.78 Å². The van der Waals surface area contributed by atoms with E-state index in [-0.39, 0.29) is 22.7 Å². The Morgan fingerprint density at radius 1 is 1.10 bits per heavy atom. The molecule has 0 saturated carbocycles. The number of halogens is 5. The van der Waals surface area contributed by atoms with E-state index >= 15 is 0 Å². The van der Waals surface area contributed by atoms with E-state index in [0.29, 0.717) is 0 Å². The fraction of sp³-hybridized carbons (Fsp3) is 0.158. The van der Waals surface area contributed by atoms with Gasteiger partial charge in [0, 0.05) is 12.6 Å². The Balaban J connectivity index is 1.99. The monoisotopic (exact) mass is 427 g/mol. The van der Waals surface area contributed by atoms with Crippen LogP contribution in [0.25, 0.3) is 11.3 Å². The predicted octanol–water partition coefficient (Wildman–Crippen LogP) is 4.52. The number of anilines is 1. The molecule has 2 aromatic carbocycles. The molecule has 1 amide bonds. The molecule has 0 fully saturated rings.